The van der Waals surface area contributed by atoms with Gasteiger partial charge in [0.05, 0.1) is 31.1 Å². The van der Waals surface area contributed by atoms with Crippen molar-refractivity contribution in [2.24, 2.45) is 0 Å². The van der Waals surface area contributed by atoms with E-state index < -0.39 is 0 Å². The van der Waals surface area contributed by atoms with Crippen LogP contribution in [0.2, 0.25) is 0 Å². The smallest absolute Gasteiger partial charge is 0.117 e. The van der Waals surface area contributed by atoms with Gasteiger partial charge >= 0.3 is 0 Å². The number of aryl methyl sites for hydroxylation is 1. The first-order chi connectivity index (χ1) is 11.7. The summed E-state index contributed by atoms with van der Waals surface area (Å²) in [5, 5.41) is 0. The van der Waals surface area contributed by atoms with Gasteiger partial charge in [0.15, 0.2) is 0 Å². The highest BCUT2D eigenvalue weighted by Crippen LogP contribution is 2.36. The highest BCUT2D eigenvalue weighted by atomic mass is 16.5. The Bertz CT molecular complexity index is 665. The minimum absolute atomic E-state index is 0.0274. The topological polar surface area (TPSA) is 47.7 Å². The van der Waals surface area contributed by atoms with E-state index >= 15 is 0 Å². The molecule has 0 bridgehead atoms. The van der Waals surface area contributed by atoms with E-state index in [1.807, 2.05) is 24.5 Å². The molecule has 4 heterocycles. The second-order valence-corrected chi connectivity index (χ2v) is 7.05. The van der Waals surface area contributed by atoms with Gasteiger partial charge in [-0.3, -0.25) is 9.88 Å². The summed E-state index contributed by atoms with van der Waals surface area (Å²) < 4.78 is 17.6. The summed E-state index contributed by atoms with van der Waals surface area (Å²) >= 11 is 0. The maximum absolute atomic E-state index is 6.14. The summed E-state index contributed by atoms with van der Waals surface area (Å²) in [6.07, 6.45) is 7.70. The van der Waals surface area contributed by atoms with Gasteiger partial charge in [-0.1, -0.05) is 6.07 Å². The van der Waals surface area contributed by atoms with Gasteiger partial charge in [0, 0.05) is 38.5 Å². The quantitative estimate of drug-likeness (QED) is 0.844. The van der Waals surface area contributed by atoms with Crippen molar-refractivity contribution in [1.82, 2.24) is 9.88 Å². The van der Waals surface area contributed by atoms with Crippen LogP contribution in [0.1, 0.15) is 29.7 Å². The summed E-state index contributed by atoms with van der Waals surface area (Å²) in [6, 6.07) is 6.09. The second kappa shape index (κ2) is 6.67. The van der Waals surface area contributed by atoms with Crippen LogP contribution in [0.25, 0.3) is 0 Å². The van der Waals surface area contributed by atoms with Crippen molar-refractivity contribution in [3.05, 3.63) is 53.7 Å². The van der Waals surface area contributed by atoms with Crippen LogP contribution < -0.4 is 0 Å². The first kappa shape index (κ1) is 15.8. The highest BCUT2D eigenvalue weighted by Gasteiger charge is 2.47. The van der Waals surface area contributed by atoms with Crippen molar-refractivity contribution in [3.63, 3.8) is 0 Å². The summed E-state index contributed by atoms with van der Waals surface area (Å²) in [6.45, 7) is 6.25. The van der Waals surface area contributed by atoms with Gasteiger partial charge in [-0.2, -0.15) is 0 Å². The van der Waals surface area contributed by atoms with Crippen molar-refractivity contribution in [2.45, 2.75) is 44.6 Å². The minimum Gasteiger partial charge on any atom is -0.468 e. The lowest BCUT2D eigenvalue weighted by Gasteiger charge is -2.53. The van der Waals surface area contributed by atoms with E-state index in [2.05, 4.69) is 22.9 Å². The first-order valence-electron chi connectivity index (χ1n) is 8.62. The molecule has 1 unspecified atom stereocenters. The van der Waals surface area contributed by atoms with Crippen molar-refractivity contribution in [2.75, 3.05) is 19.7 Å². The Hall–Kier alpha value is -1.69. The first-order valence-corrected chi connectivity index (χ1v) is 8.62. The molecule has 4 rings (SSSR count). The largest absolute Gasteiger partial charge is 0.468 e. The van der Waals surface area contributed by atoms with E-state index in [1.165, 1.54) is 5.56 Å². The zero-order chi connectivity index (χ0) is 16.4. The summed E-state index contributed by atoms with van der Waals surface area (Å²) in [5.74, 6) is 1.01. The molecule has 5 nitrogen and oxygen atoms in total. The molecule has 5 heteroatoms. The van der Waals surface area contributed by atoms with E-state index in [9.17, 15) is 0 Å². The monoisotopic (exact) mass is 328 g/mol. The molecule has 1 atom stereocenters. The average Bonchev–Trinajstić information content (AvgIpc) is 3.05. The Labute approximate surface area is 142 Å². The second-order valence-electron chi connectivity index (χ2n) is 7.05. The summed E-state index contributed by atoms with van der Waals surface area (Å²) in [4.78, 5) is 6.60. The normalized spacial score (nSPS) is 23.3. The van der Waals surface area contributed by atoms with Crippen LogP contribution in [-0.2, 0) is 22.6 Å². The third-order valence-corrected chi connectivity index (χ3v) is 4.85. The molecule has 0 aliphatic carbocycles. The number of ether oxygens (including phenoxy) is 2. The van der Waals surface area contributed by atoms with E-state index in [1.54, 1.807) is 6.26 Å². The van der Waals surface area contributed by atoms with Gasteiger partial charge in [0.1, 0.15) is 5.76 Å². The number of hydrogen-bond acceptors (Lipinski definition) is 5. The Kier molecular flexibility index (Phi) is 4.39. The van der Waals surface area contributed by atoms with E-state index in [4.69, 9.17) is 13.9 Å². The van der Waals surface area contributed by atoms with Crippen molar-refractivity contribution >= 4 is 0 Å². The van der Waals surface area contributed by atoms with Crippen LogP contribution >= 0.6 is 0 Å². The Balaban J connectivity index is 1.27. The zero-order valence-electron chi connectivity index (χ0n) is 14.1. The third kappa shape index (κ3) is 3.53. The molecule has 0 radical (unpaired) electrons. The maximum Gasteiger partial charge on any atom is 0.117 e. The molecule has 2 aliphatic heterocycles. The fourth-order valence-corrected chi connectivity index (χ4v) is 3.76. The predicted octanol–water partition coefficient (Wildman–Crippen LogP) is 2.93. The molecule has 2 aromatic heterocycles. The van der Waals surface area contributed by atoms with E-state index in [0.717, 1.165) is 50.4 Å². The van der Waals surface area contributed by atoms with Gasteiger partial charge in [0.2, 0.25) is 0 Å². The fourth-order valence-electron chi connectivity index (χ4n) is 3.76. The molecule has 2 fully saturated rings. The Morgan fingerprint density at radius 2 is 2.29 bits per heavy atom. The molecule has 2 aromatic rings. The molecular weight excluding hydrogens is 304 g/mol. The number of pyridine rings is 1. The summed E-state index contributed by atoms with van der Waals surface area (Å²) in [7, 11) is 0. The van der Waals surface area contributed by atoms with Gasteiger partial charge in [-0.05, 0) is 36.6 Å². The molecule has 2 aliphatic rings. The van der Waals surface area contributed by atoms with Gasteiger partial charge in [0.25, 0.3) is 0 Å². The molecule has 0 aromatic carbocycles. The molecule has 0 saturated carbocycles. The molecule has 2 saturated heterocycles. The number of furan rings is 1. The molecule has 24 heavy (non-hydrogen) atoms. The lowest BCUT2D eigenvalue weighted by Crippen LogP contribution is -2.65. The number of likely N-dealkylation sites (tertiary alicyclic amines) is 1. The van der Waals surface area contributed by atoms with Crippen LogP contribution in [0.4, 0.5) is 0 Å². The Morgan fingerprint density at radius 1 is 1.38 bits per heavy atom. The summed E-state index contributed by atoms with van der Waals surface area (Å²) in [5.41, 5.74) is 2.29. The van der Waals surface area contributed by atoms with Crippen molar-refractivity contribution < 1.29 is 13.9 Å². The minimum atomic E-state index is -0.0274. The van der Waals surface area contributed by atoms with Crippen LogP contribution in [0.15, 0.2) is 41.3 Å². The van der Waals surface area contributed by atoms with Crippen LogP contribution in [0.5, 0.6) is 0 Å². The lowest BCUT2D eigenvalue weighted by atomic mass is 9.84. The number of rotatable bonds is 5. The van der Waals surface area contributed by atoms with Crippen LogP contribution in [0, 0.1) is 6.92 Å². The van der Waals surface area contributed by atoms with Gasteiger partial charge in [-0.15, -0.1) is 0 Å². The molecule has 128 valence electrons. The molecule has 0 amide bonds. The van der Waals surface area contributed by atoms with Gasteiger partial charge in [-0.25, -0.2) is 0 Å². The van der Waals surface area contributed by atoms with E-state index in [0.29, 0.717) is 6.61 Å². The van der Waals surface area contributed by atoms with Crippen molar-refractivity contribution in [3.8, 4) is 0 Å². The fraction of sp³-hybridized carbons (Fsp3) is 0.526. The average molecular weight is 328 g/mol. The SMILES string of the molecule is Cc1cncc(COC2CCOC3(C2)CN(Cc2ccco2)C3)c1. The number of aromatic nitrogens is 1. The zero-order valence-corrected chi connectivity index (χ0v) is 14.1. The third-order valence-electron chi connectivity index (χ3n) is 4.85. The number of hydrogen-bond donors (Lipinski definition) is 0. The van der Waals surface area contributed by atoms with Crippen LogP contribution in [0.3, 0.4) is 0 Å². The molecule has 0 N–H and O–H groups in total. The number of nitrogens with zero attached hydrogens (tertiary/aromatic N) is 2. The lowest BCUT2D eigenvalue weighted by molar-refractivity contribution is -0.201. The van der Waals surface area contributed by atoms with Crippen LogP contribution in [-0.4, -0.2) is 41.3 Å². The predicted molar refractivity (Wildman–Crippen MR) is 89.5 cm³/mol. The maximum atomic E-state index is 6.14. The standard InChI is InChI=1S/C19H24N2O3/c1-15-7-16(10-20-9-15)12-23-17-4-6-24-19(8-17)13-21(14-19)11-18-3-2-5-22-18/h2-3,5,7,9-10,17H,4,6,8,11-14H2,1H3. The Morgan fingerprint density at radius 3 is 3.08 bits per heavy atom. The molecule has 1 spiro atoms. The van der Waals surface area contributed by atoms with E-state index in [-0.39, 0.29) is 11.7 Å². The van der Waals surface area contributed by atoms with Gasteiger partial charge < -0.3 is 13.9 Å². The highest BCUT2D eigenvalue weighted by molar-refractivity contribution is 5.15. The van der Waals surface area contributed by atoms with Crippen molar-refractivity contribution in [1.29, 1.82) is 0 Å². The molecular formula is C19H24N2O3.